The Bertz CT molecular complexity index is 976. The van der Waals surface area contributed by atoms with Crippen molar-refractivity contribution in [2.24, 2.45) is 5.92 Å². The van der Waals surface area contributed by atoms with Gasteiger partial charge in [-0.2, -0.15) is 0 Å². The molecule has 3 unspecified atom stereocenters. The highest BCUT2D eigenvalue weighted by atomic mass is 28.3. The zero-order valence-corrected chi connectivity index (χ0v) is 19.1. The van der Waals surface area contributed by atoms with Gasteiger partial charge in [0.1, 0.15) is 0 Å². The van der Waals surface area contributed by atoms with Crippen LogP contribution in [0, 0.1) is 5.92 Å². The van der Waals surface area contributed by atoms with Crippen LogP contribution in [0.25, 0.3) is 0 Å². The molecule has 3 aliphatic carbocycles. The zero-order valence-electron chi connectivity index (χ0n) is 18.1. The van der Waals surface area contributed by atoms with Gasteiger partial charge >= 0.3 is 0 Å². The van der Waals surface area contributed by atoms with E-state index in [2.05, 4.69) is 108 Å². The van der Waals surface area contributed by atoms with Gasteiger partial charge in [0.05, 0.1) is 8.07 Å². The lowest BCUT2D eigenvalue weighted by Crippen LogP contribution is -2.37. The molecule has 1 aromatic carbocycles. The molecule has 3 atom stereocenters. The van der Waals surface area contributed by atoms with E-state index in [-0.39, 0.29) is 0 Å². The van der Waals surface area contributed by atoms with Crippen molar-refractivity contribution in [1.29, 1.82) is 0 Å². The van der Waals surface area contributed by atoms with E-state index in [4.69, 9.17) is 0 Å². The Morgan fingerprint density at radius 2 is 1.50 bits per heavy atom. The molecular weight excluding hydrogens is 352 g/mol. The summed E-state index contributed by atoms with van der Waals surface area (Å²) in [5.41, 5.74) is 9.65. The van der Waals surface area contributed by atoms with E-state index in [1.54, 1.807) is 21.9 Å². The minimum atomic E-state index is -1.69. The highest BCUT2D eigenvalue weighted by Crippen LogP contribution is 2.51. The maximum Gasteiger partial charge on any atom is 0.0880 e. The average Bonchev–Trinajstić information content (AvgIpc) is 3.10. The second-order valence-corrected chi connectivity index (χ2v) is 13.8. The second-order valence-electron chi connectivity index (χ2n) is 9.17. The first-order valence-electron chi connectivity index (χ1n) is 10.5. The summed E-state index contributed by atoms with van der Waals surface area (Å²) in [7, 11) is -1.69. The smallest absolute Gasteiger partial charge is 0.0791 e. The molecule has 0 spiro atoms. The van der Waals surface area contributed by atoms with E-state index in [1.165, 1.54) is 16.7 Å². The summed E-state index contributed by atoms with van der Waals surface area (Å²) in [4.78, 5) is 0. The first-order chi connectivity index (χ1) is 13.3. The molecule has 144 valence electrons. The molecule has 0 heterocycles. The van der Waals surface area contributed by atoms with Gasteiger partial charge < -0.3 is 0 Å². The molecule has 0 saturated heterocycles. The van der Waals surface area contributed by atoms with E-state index in [1.807, 2.05) is 0 Å². The van der Waals surface area contributed by atoms with Crippen LogP contribution in [0.1, 0.15) is 39.2 Å². The van der Waals surface area contributed by atoms with Gasteiger partial charge in [-0.1, -0.05) is 103 Å². The lowest BCUT2D eigenvalue weighted by atomic mass is 9.90. The second kappa shape index (κ2) is 7.04. The summed E-state index contributed by atoms with van der Waals surface area (Å²) in [6.07, 6.45) is 14.2. The molecule has 0 saturated carbocycles. The molecule has 0 amide bonds. The first kappa shape index (κ1) is 19.2. The predicted molar refractivity (Wildman–Crippen MR) is 125 cm³/mol. The van der Waals surface area contributed by atoms with Crippen LogP contribution in [0.2, 0.25) is 18.6 Å². The Morgan fingerprint density at radius 1 is 0.786 bits per heavy atom. The zero-order chi connectivity index (χ0) is 20.1. The van der Waals surface area contributed by atoms with Crippen LogP contribution in [-0.2, 0) is 0 Å². The minimum absolute atomic E-state index is 0.356. The quantitative estimate of drug-likeness (QED) is 0.469. The van der Waals surface area contributed by atoms with Crippen molar-refractivity contribution in [3.63, 3.8) is 0 Å². The standard InChI is InChI=1S/C27H32Si/c1-18-19(2)21(4)27(20(18)3)28(5,6)26-17-16-24-23(14-10-11-15-25(24)26)22-12-8-7-9-13-22/h7-17,20,23,26H,1-6H3. The molecule has 0 bridgehead atoms. The van der Waals surface area contributed by atoms with Crippen molar-refractivity contribution in [2.75, 3.05) is 0 Å². The molecule has 28 heavy (non-hydrogen) atoms. The number of allylic oxidation sites excluding steroid dienone is 12. The molecule has 0 aromatic heterocycles. The largest absolute Gasteiger partial charge is 0.0880 e. The van der Waals surface area contributed by atoms with Crippen LogP contribution in [0.4, 0.5) is 0 Å². The first-order valence-corrected chi connectivity index (χ1v) is 13.6. The van der Waals surface area contributed by atoms with Crippen molar-refractivity contribution < 1.29 is 0 Å². The normalized spacial score (nSPS) is 27.1. The van der Waals surface area contributed by atoms with Gasteiger partial charge in [-0.3, -0.25) is 0 Å². The van der Waals surface area contributed by atoms with Gasteiger partial charge in [0.25, 0.3) is 0 Å². The molecular formula is C27H32Si. The molecule has 1 heteroatoms. The van der Waals surface area contributed by atoms with Gasteiger partial charge in [-0.25, -0.2) is 0 Å². The molecule has 0 nitrogen and oxygen atoms in total. The third-order valence-electron chi connectivity index (χ3n) is 7.43. The van der Waals surface area contributed by atoms with Gasteiger partial charge in [0.2, 0.25) is 0 Å². The fourth-order valence-electron chi connectivity index (χ4n) is 5.65. The summed E-state index contributed by atoms with van der Waals surface area (Å²) in [5, 5.41) is 1.76. The molecule has 0 N–H and O–H groups in total. The van der Waals surface area contributed by atoms with E-state index >= 15 is 0 Å². The lowest BCUT2D eigenvalue weighted by Gasteiger charge is -2.36. The van der Waals surface area contributed by atoms with Crippen molar-refractivity contribution >= 4 is 8.07 Å². The van der Waals surface area contributed by atoms with Crippen LogP contribution < -0.4 is 0 Å². The molecule has 0 fully saturated rings. The van der Waals surface area contributed by atoms with E-state index < -0.39 is 8.07 Å². The molecule has 0 aliphatic heterocycles. The third kappa shape index (κ3) is 2.88. The van der Waals surface area contributed by atoms with Crippen LogP contribution in [0.3, 0.4) is 0 Å². The number of hydrogen-bond donors (Lipinski definition) is 0. The Kier molecular flexibility index (Phi) is 4.83. The monoisotopic (exact) mass is 384 g/mol. The summed E-state index contributed by atoms with van der Waals surface area (Å²) in [5.74, 6) is 0.951. The summed E-state index contributed by atoms with van der Waals surface area (Å²) < 4.78 is 0. The summed E-state index contributed by atoms with van der Waals surface area (Å²) in [6, 6.07) is 10.9. The van der Waals surface area contributed by atoms with Gasteiger partial charge in [-0.15, -0.1) is 0 Å². The van der Waals surface area contributed by atoms with Crippen molar-refractivity contribution in [3.8, 4) is 0 Å². The Labute approximate surface area is 171 Å². The van der Waals surface area contributed by atoms with Crippen LogP contribution in [-0.4, -0.2) is 8.07 Å². The van der Waals surface area contributed by atoms with E-state index in [0.29, 0.717) is 17.4 Å². The number of benzene rings is 1. The van der Waals surface area contributed by atoms with Crippen molar-refractivity contribution in [1.82, 2.24) is 0 Å². The van der Waals surface area contributed by atoms with Gasteiger partial charge in [0.15, 0.2) is 0 Å². The maximum absolute atomic E-state index is 2.59. The topological polar surface area (TPSA) is 0 Å². The van der Waals surface area contributed by atoms with Gasteiger partial charge in [0, 0.05) is 11.5 Å². The highest BCUT2D eigenvalue weighted by Gasteiger charge is 2.44. The lowest BCUT2D eigenvalue weighted by molar-refractivity contribution is 0.842. The van der Waals surface area contributed by atoms with Gasteiger partial charge in [-0.05, 0) is 49.0 Å². The molecule has 0 radical (unpaired) electrons. The predicted octanol–water partition coefficient (Wildman–Crippen LogP) is 7.68. The third-order valence-corrected chi connectivity index (χ3v) is 11.7. The summed E-state index contributed by atoms with van der Waals surface area (Å²) >= 11 is 0. The highest BCUT2D eigenvalue weighted by molar-refractivity contribution is 6.87. The average molecular weight is 385 g/mol. The van der Waals surface area contributed by atoms with E-state index in [9.17, 15) is 0 Å². The summed E-state index contributed by atoms with van der Waals surface area (Å²) in [6.45, 7) is 14.6. The molecule has 4 rings (SSSR count). The van der Waals surface area contributed by atoms with Crippen molar-refractivity contribution in [3.05, 3.63) is 105 Å². The number of rotatable bonds is 3. The van der Waals surface area contributed by atoms with Crippen LogP contribution >= 0.6 is 0 Å². The minimum Gasteiger partial charge on any atom is -0.0791 e. The molecule has 1 aromatic rings. The Balaban J connectivity index is 1.77. The fraction of sp³-hybridized carbons (Fsp3) is 0.333. The number of hydrogen-bond acceptors (Lipinski definition) is 0. The van der Waals surface area contributed by atoms with Crippen LogP contribution in [0.5, 0.6) is 0 Å². The van der Waals surface area contributed by atoms with Crippen molar-refractivity contribution in [2.45, 2.75) is 52.2 Å². The maximum atomic E-state index is 2.59. The SMILES string of the molecule is CC1=C(C)C(C)C([Si](C)(C)C2C=CC3=C2C=CC=CC3c2ccccc2)=C1C. The Morgan fingerprint density at radius 3 is 2.14 bits per heavy atom. The van der Waals surface area contributed by atoms with E-state index in [0.717, 1.165) is 0 Å². The molecule has 3 aliphatic rings. The Hall–Kier alpha value is -2.12. The van der Waals surface area contributed by atoms with Crippen LogP contribution in [0.15, 0.2) is 99.8 Å². The fourth-order valence-corrected chi connectivity index (χ4v) is 10.1.